The standard InChI is InChI=1S/C17H24N2O2S/c20-17(18-9-12-1-2-12)16-4-3-14-15(21-16)5-7-19(14)10-13-6-8-22-11-13/h6,8,11-12,14-16H,1-5,7,9-10H2,(H,18,20)/t14-,15-,16-/m1/s1. The molecule has 1 N–H and O–H groups in total. The highest BCUT2D eigenvalue weighted by Crippen LogP contribution is 2.33. The molecule has 0 aromatic carbocycles. The zero-order valence-corrected chi connectivity index (χ0v) is 13.7. The fourth-order valence-electron chi connectivity index (χ4n) is 3.70. The van der Waals surface area contributed by atoms with Crippen LogP contribution in [0.1, 0.15) is 37.7 Å². The van der Waals surface area contributed by atoms with Crippen molar-refractivity contribution in [1.29, 1.82) is 0 Å². The van der Waals surface area contributed by atoms with Gasteiger partial charge in [0.2, 0.25) is 5.91 Å². The van der Waals surface area contributed by atoms with E-state index in [1.54, 1.807) is 11.3 Å². The van der Waals surface area contributed by atoms with Crippen molar-refractivity contribution in [1.82, 2.24) is 10.2 Å². The molecule has 4 nitrogen and oxygen atoms in total. The van der Waals surface area contributed by atoms with E-state index in [1.807, 2.05) is 0 Å². The minimum atomic E-state index is -0.221. The van der Waals surface area contributed by atoms with Crippen molar-refractivity contribution < 1.29 is 9.53 Å². The first-order valence-corrected chi connectivity index (χ1v) is 9.42. The third-order valence-electron chi connectivity index (χ3n) is 5.18. The van der Waals surface area contributed by atoms with E-state index in [2.05, 4.69) is 27.0 Å². The number of likely N-dealkylation sites (tertiary alicyclic amines) is 1. The second-order valence-corrected chi connectivity index (χ2v) is 7.67. The summed E-state index contributed by atoms with van der Waals surface area (Å²) >= 11 is 1.76. The van der Waals surface area contributed by atoms with Gasteiger partial charge in [0.05, 0.1) is 6.10 Å². The van der Waals surface area contributed by atoms with E-state index in [0.29, 0.717) is 6.04 Å². The van der Waals surface area contributed by atoms with Crippen LogP contribution in [-0.4, -0.2) is 42.1 Å². The average molecular weight is 320 g/mol. The van der Waals surface area contributed by atoms with Crippen molar-refractivity contribution in [2.24, 2.45) is 5.92 Å². The fraction of sp³-hybridized carbons (Fsp3) is 0.706. The highest BCUT2D eigenvalue weighted by Gasteiger charge is 2.41. The van der Waals surface area contributed by atoms with Gasteiger partial charge in [0.15, 0.2) is 0 Å². The Balaban J connectivity index is 1.30. The van der Waals surface area contributed by atoms with Gasteiger partial charge in [-0.1, -0.05) is 0 Å². The van der Waals surface area contributed by atoms with E-state index in [9.17, 15) is 4.79 Å². The van der Waals surface area contributed by atoms with Crippen molar-refractivity contribution in [3.05, 3.63) is 22.4 Å². The number of amides is 1. The van der Waals surface area contributed by atoms with Crippen LogP contribution in [0.3, 0.4) is 0 Å². The molecular weight excluding hydrogens is 296 g/mol. The van der Waals surface area contributed by atoms with Crippen molar-refractivity contribution in [3.8, 4) is 0 Å². The van der Waals surface area contributed by atoms with E-state index >= 15 is 0 Å². The predicted molar refractivity (Wildman–Crippen MR) is 86.8 cm³/mol. The summed E-state index contributed by atoms with van der Waals surface area (Å²) in [5.41, 5.74) is 1.40. The Morgan fingerprint density at radius 1 is 1.32 bits per heavy atom. The van der Waals surface area contributed by atoms with Gasteiger partial charge >= 0.3 is 0 Å². The minimum Gasteiger partial charge on any atom is -0.363 e. The maximum atomic E-state index is 12.2. The summed E-state index contributed by atoms with van der Waals surface area (Å²) in [4.78, 5) is 14.7. The number of carbonyl (C=O) groups excluding carboxylic acids is 1. The lowest BCUT2D eigenvalue weighted by Crippen LogP contribution is -2.47. The molecule has 1 aromatic rings. The first kappa shape index (κ1) is 14.7. The molecule has 3 heterocycles. The van der Waals surface area contributed by atoms with Crippen LogP contribution in [0.5, 0.6) is 0 Å². The highest BCUT2D eigenvalue weighted by molar-refractivity contribution is 7.07. The van der Waals surface area contributed by atoms with Crippen molar-refractivity contribution in [2.45, 2.75) is 56.9 Å². The monoisotopic (exact) mass is 320 g/mol. The molecule has 120 valence electrons. The fourth-order valence-corrected chi connectivity index (χ4v) is 4.36. The summed E-state index contributed by atoms with van der Waals surface area (Å²) in [6.45, 7) is 2.95. The maximum Gasteiger partial charge on any atom is 0.249 e. The molecule has 1 amide bonds. The summed E-state index contributed by atoms with van der Waals surface area (Å²) in [7, 11) is 0. The molecule has 1 aliphatic carbocycles. The van der Waals surface area contributed by atoms with Crippen molar-refractivity contribution in [2.75, 3.05) is 13.1 Å². The summed E-state index contributed by atoms with van der Waals surface area (Å²) in [6, 6.07) is 2.70. The third-order valence-corrected chi connectivity index (χ3v) is 5.91. The number of hydrogen-bond acceptors (Lipinski definition) is 4. The van der Waals surface area contributed by atoms with Crippen LogP contribution >= 0.6 is 11.3 Å². The zero-order chi connectivity index (χ0) is 14.9. The predicted octanol–water partition coefficient (Wildman–Crippen LogP) is 2.40. The molecule has 0 unspecified atom stereocenters. The lowest BCUT2D eigenvalue weighted by Gasteiger charge is -2.35. The molecule has 3 atom stereocenters. The van der Waals surface area contributed by atoms with Crippen molar-refractivity contribution >= 4 is 17.2 Å². The van der Waals surface area contributed by atoms with E-state index in [4.69, 9.17) is 4.74 Å². The van der Waals surface area contributed by atoms with Crippen LogP contribution < -0.4 is 5.32 Å². The number of ether oxygens (including phenoxy) is 1. The molecule has 5 heteroatoms. The molecule has 2 saturated heterocycles. The maximum absolute atomic E-state index is 12.2. The second kappa shape index (κ2) is 6.30. The third kappa shape index (κ3) is 3.21. The normalized spacial score (nSPS) is 31.9. The lowest BCUT2D eigenvalue weighted by molar-refractivity contribution is -0.144. The van der Waals surface area contributed by atoms with Gasteiger partial charge in [-0.15, -0.1) is 0 Å². The van der Waals surface area contributed by atoms with Crippen LogP contribution in [0.4, 0.5) is 0 Å². The molecule has 2 aliphatic heterocycles. The van der Waals surface area contributed by atoms with Gasteiger partial charge in [-0.05, 0) is 60.4 Å². The van der Waals surface area contributed by atoms with Crippen LogP contribution in [0.2, 0.25) is 0 Å². The zero-order valence-electron chi connectivity index (χ0n) is 12.9. The molecule has 1 aromatic heterocycles. The van der Waals surface area contributed by atoms with E-state index in [-0.39, 0.29) is 18.1 Å². The van der Waals surface area contributed by atoms with Gasteiger partial charge in [0.25, 0.3) is 0 Å². The number of hydrogen-bond donors (Lipinski definition) is 1. The Hall–Kier alpha value is -0.910. The largest absolute Gasteiger partial charge is 0.363 e. The number of carbonyl (C=O) groups is 1. The van der Waals surface area contributed by atoms with Crippen molar-refractivity contribution in [3.63, 3.8) is 0 Å². The summed E-state index contributed by atoms with van der Waals surface area (Å²) in [6.07, 6.45) is 5.56. The van der Waals surface area contributed by atoms with E-state index < -0.39 is 0 Å². The summed E-state index contributed by atoms with van der Waals surface area (Å²) in [5, 5.41) is 7.43. The van der Waals surface area contributed by atoms with Gasteiger partial charge < -0.3 is 10.1 Å². The Morgan fingerprint density at radius 3 is 3.00 bits per heavy atom. The van der Waals surface area contributed by atoms with Gasteiger partial charge in [0, 0.05) is 25.7 Å². The minimum absolute atomic E-state index is 0.113. The second-order valence-electron chi connectivity index (χ2n) is 6.89. The quantitative estimate of drug-likeness (QED) is 0.906. The molecule has 0 spiro atoms. The molecule has 3 aliphatic rings. The molecule has 4 rings (SSSR count). The van der Waals surface area contributed by atoms with Crippen LogP contribution in [-0.2, 0) is 16.1 Å². The van der Waals surface area contributed by atoms with Crippen LogP contribution in [0, 0.1) is 5.92 Å². The SMILES string of the molecule is O=C(NCC1CC1)[C@H]1CC[C@@H]2[C@@H](CCN2Cc2ccsc2)O1. The molecule has 0 bridgehead atoms. The number of fused-ring (bicyclic) bond motifs is 1. The molecule has 1 saturated carbocycles. The Labute approximate surface area is 135 Å². The number of rotatable bonds is 5. The Morgan fingerprint density at radius 2 is 2.23 bits per heavy atom. The van der Waals surface area contributed by atoms with Gasteiger partial charge in [-0.2, -0.15) is 11.3 Å². The number of thiophene rings is 1. The molecular formula is C17H24N2O2S. The van der Waals surface area contributed by atoms with Gasteiger partial charge in [-0.25, -0.2) is 0 Å². The Kier molecular flexibility index (Phi) is 4.20. The number of nitrogens with one attached hydrogen (secondary N) is 1. The average Bonchev–Trinajstić information content (AvgIpc) is 3.07. The highest BCUT2D eigenvalue weighted by atomic mass is 32.1. The topological polar surface area (TPSA) is 41.6 Å². The van der Waals surface area contributed by atoms with Gasteiger partial charge in [0.1, 0.15) is 6.10 Å². The Bertz CT molecular complexity index is 515. The lowest BCUT2D eigenvalue weighted by atomic mass is 9.98. The van der Waals surface area contributed by atoms with Crippen LogP contribution in [0.25, 0.3) is 0 Å². The number of nitrogens with zero attached hydrogens (tertiary/aromatic N) is 1. The molecule has 3 fully saturated rings. The van der Waals surface area contributed by atoms with Crippen LogP contribution in [0.15, 0.2) is 16.8 Å². The smallest absolute Gasteiger partial charge is 0.249 e. The van der Waals surface area contributed by atoms with Gasteiger partial charge in [-0.3, -0.25) is 9.69 Å². The first-order chi connectivity index (χ1) is 10.8. The molecule has 22 heavy (non-hydrogen) atoms. The molecule has 0 radical (unpaired) electrons. The van der Waals surface area contributed by atoms with E-state index in [0.717, 1.165) is 44.8 Å². The summed E-state index contributed by atoms with van der Waals surface area (Å²) < 4.78 is 6.12. The summed E-state index contributed by atoms with van der Waals surface area (Å²) in [5.74, 6) is 0.842. The first-order valence-electron chi connectivity index (χ1n) is 8.48. The van der Waals surface area contributed by atoms with E-state index in [1.165, 1.54) is 18.4 Å².